The van der Waals surface area contributed by atoms with Gasteiger partial charge in [-0.2, -0.15) is 22.7 Å². The van der Waals surface area contributed by atoms with E-state index in [-0.39, 0.29) is 34.9 Å². The molecule has 17 heteroatoms. The van der Waals surface area contributed by atoms with Crippen LogP contribution in [-0.2, 0) is 28.7 Å². The Bertz CT molecular complexity index is 1890. The van der Waals surface area contributed by atoms with Crippen molar-refractivity contribution in [2.24, 2.45) is 0 Å². The van der Waals surface area contributed by atoms with E-state index in [4.69, 9.17) is 25.8 Å². The fraction of sp³-hybridized carbons (Fsp3) is 0.433. The van der Waals surface area contributed by atoms with Gasteiger partial charge in [0.25, 0.3) is 5.56 Å². The number of nitrogens with zero attached hydrogens (tertiary/aromatic N) is 7. The minimum atomic E-state index is -4.59. The summed E-state index contributed by atoms with van der Waals surface area (Å²) in [6, 6.07) is 2.68. The molecule has 4 aromatic rings. The summed E-state index contributed by atoms with van der Waals surface area (Å²) in [6.45, 7) is 3.14. The van der Waals surface area contributed by atoms with Crippen molar-refractivity contribution in [1.29, 1.82) is 0 Å². The van der Waals surface area contributed by atoms with Crippen LogP contribution in [0.2, 0.25) is 5.02 Å². The van der Waals surface area contributed by atoms with Gasteiger partial charge in [0.2, 0.25) is 23.3 Å². The molecule has 1 atom stereocenters. The number of amides is 1. The first kappa shape index (κ1) is 32.4. The van der Waals surface area contributed by atoms with Crippen molar-refractivity contribution in [3.8, 4) is 5.75 Å². The van der Waals surface area contributed by atoms with Crippen LogP contribution in [0.1, 0.15) is 43.3 Å². The number of aromatic hydroxyl groups is 1. The van der Waals surface area contributed by atoms with Gasteiger partial charge < -0.3 is 34.1 Å². The maximum atomic E-state index is 14.1. The summed E-state index contributed by atoms with van der Waals surface area (Å²) in [4.78, 5) is 36.0. The van der Waals surface area contributed by atoms with Gasteiger partial charge in [0.1, 0.15) is 12.2 Å². The van der Waals surface area contributed by atoms with Crippen molar-refractivity contribution >= 4 is 46.1 Å². The third-order valence-electron chi connectivity index (χ3n) is 8.44. The number of allylic oxidation sites excluding steroid dienone is 1. The zero-order valence-electron chi connectivity index (χ0n) is 25.6. The Hall–Kier alpha value is -4.57. The van der Waals surface area contributed by atoms with E-state index in [0.29, 0.717) is 68.5 Å². The summed E-state index contributed by atoms with van der Waals surface area (Å²) in [7, 11) is 1.66. The first-order valence-electron chi connectivity index (χ1n) is 15.0. The molecule has 1 saturated heterocycles. The zero-order valence-corrected chi connectivity index (χ0v) is 26.3. The molecule has 1 unspecified atom stereocenters. The first-order valence-corrected chi connectivity index (χ1v) is 15.4. The summed E-state index contributed by atoms with van der Waals surface area (Å²) < 4.78 is 52.6. The molecule has 4 heterocycles. The Kier molecular flexibility index (Phi) is 8.89. The number of alkyl halides is 3. The van der Waals surface area contributed by atoms with Crippen molar-refractivity contribution in [2.45, 2.75) is 51.4 Å². The third kappa shape index (κ3) is 6.39. The highest BCUT2D eigenvalue weighted by atomic mass is 35.5. The predicted octanol–water partition coefficient (Wildman–Crippen LogP) is 4.37. The number of aromatic nitrogens is 5. The number of benzene rings is 1. The van der Waals surface area contributed by atoms with Gasteiger partial charge in [0.15, 0.2) is 12.1 Å². The molecule has 1 amide bonds. The second-order valence-corrected chi connectivity index (χ2v) is 11.7. The lowest BCUT2D eigenvalue weighted by Crippen LogP contribution is -2.49. The number of carbonyl (C=O) groups excluding carboxylic acids is 1. The number of nitrogens with one attached hydrogen (secondary N) is 1. The number of anilines is 3. The second-order valence-electron chi connectivity index (χ2n) is 11.3. The number of ether oxygens (including phenoxy) is 1. The second kappa shape index (κ2) is 12.9. The normalized spacial score (nSPS) is 17.3. The summed E-state index contributed by atoms with van der Waals surface area (Å²) in [5, 5.41) is 20.9. The molecular formula is C30H32ClF3N8O5. The SMILES string of the molecule is CCc1c(N2CCN(c3nocc3O)CC2)c(=O)n2nc(C3=CCC(OC)CC3)nc2n1CC(=O)Nc1ccc(C(F)(F)F)cc1Cl. The quantitative estimate of drug-likeness (QED) is 0.276. The van der Waals surface area contributed by atoms with Crippen LogP contribution in [0.25, 0.3) is 11.4 Å². The zero-order chi connectivity index (χ0) is 33.5. The molecule has 6 rings (SSSR count). The topological polar surface area (TPSA) is 143 Å². The molecule has 1 aliphatic heterocycles. The third-order valence-corrected chi connectivity index (χ3v) is 8.76. The maximum Gasteiger partial charge on any atom is 0.416 e. The number of carbonyl (C=O) groups is 1. The van der Waals surface area contributed by atoms with Crippen LogP contribution in [0.5, 0.6) is 5.75 Å². The van der Waals surface area contributed by atoms with E-state index in [2.05, 4.69) is 15.6 Å². The smallest absolute Gasteiger partial charge is 0.416 e. The number of rotatable bonds is 8. The fourth-order valence-corrected chi connectivity index (χ4v) is 6.23. The predicted molar refractivity (Wildman–Crippen MR) is 167 cm³/mol. The molecule has 3 aromatic heterocycles. The van der Waals surface area contributed by atoms with Crippen molar-refractivity contribution in [1.82, 2.24) is 24.3 Å². The van der Waals surface area contributed by atoms with Gasteiger partial charge in [-0.1, -0.05) is 29.8 Å². The van der Waals surface area contributed by atoms with Crippen molar-refractivity contribution < 1.29 is 32.3 Å². The molecule has 0 saturated carbocycles. The number of halogens is 4. The van der Waals surface area contributed by atoms with Crippen LogP contribution in [-0.4, -0.2) is 74.7 Å². The molecule has 1 fully saturated rings. The molecule has 2 N–H and O–H groups in total. The lowest BCUT2D eigenvalue weighted by molar-refractivity contribution is -0.137. The van der Waals surface area contributed by atoms with Gasteiger partial charge in [-0.3, -0.25) is 9.59 Å². The van der Waals surface area contributed by atoms with E-state index in [1.807, 2.05) is 22.8 Å². The van der Waals surface area contributed by atoms with Crippen LogP contribution in [0.3, 0.4) is 0 Å². The molecule has 1 aliphatic carbocycles. The Balaban J connectivity index is 1.37. The van der Waals surface area contributed by atoms with Crippen LogP contribution in [0.15, 0.2) is 39.9 Å². The molecule has 2 aliphatic rings. The Morgan fingerprint density at radius 2 is 1.96 bits per heavy atom. The number of piperazine rings is 1. The molecule has 13 nitrogen and oxygen atoms in total. The van der Waals surface area contributed by atoms with Gasteiger partial charge in [-0.25, -0.2) is 0 Å². The molecule has 0 spiro atoms. The largest absolute Gasteiger partial charge is 0.502 e. The standard InChI is InChI=1S/C30H32ClF3N8O5/c1-3-22-25(39-10-12-40(13-11-39)27-23(43)16-47-38-27)28(45)42-29(36-26(37-42)17-4-7-19(46-2)8-5-17)41(22)15-24(44)35-21-9-6-18(14-20(21)31)30(32,33)34/h4,6,9,14,16,19,43H,3,5,7-8,10-13,15H2,1-2H3,(H,35,44). The van der Waals surface area contributed by atoms with Crippen LogP contribution in [0.4, 0.5) is 30.4 Å². The van der Waals surface area contributed by atoms with E-state index in [0.717, 1.165) is 36.5 Å². The average molecular weight is 677 g/mol. The number of hydrogen-bond donors (Lipinski definition) is 2. The van der Waals surface area contributed by atoms with E-state index in [1.165, 1.54) is 4.52 Å². The van der Waals surface area contributed by atoms with Gasteiger partial charge in [-0.15, -0.1) is 5.10 Å². The van der Waals surface area contributed by atoms with E-state index in [9.17, 15) is 27.9 Å². The number of methoxy groups -OCH3 is 1. The summed E-state index contributed by atoms with van der Waals surface area (Å²) in [5.74, 6) is 0.152. The molecule has 47 heavy (non-hydrogen) atoms. The van der Waals surface area contributed by atoms with Crippen LogP contribution >= 0.6 is 11.6 Å². The Labute approximate surface area is 271 Å². The minimum absolute atomic E-state index is 0.00875. The van der Waals surface area contributed by atoms with E-state index >= 15 is 0 Å². The van der Waals surface area contributed by atoms with Crippen molar-refractivity contribution in [3.63, 3.8) is 0 Å². The van der Waals surface area contributed by atoms with Gasteiger partial charge >= 0.3 is 6.18 Å². The summed E-state index contributed by atoms with van der Waals surface area (Å²) >= 11 is 6.11. The van der Waals surface area contributed by atoms with Gasteiger partial charge in [0.05, 0.1) is 28.1 Å². The number of hydrogen-bond acceptors (Lipinski definition) is 10. The first-order chi connectivity index (χ1) is 22.5. The van der Waals surface area contributed by atoms with Crippen molar-refractivity contribution in [2.75, 3.05) is 48.4 Å². The van der Waals surface area contributed by atoms with Crippen LogP contribution < -0.4 is 20.7 Å². The average Bonchev–Trinajstić information content (AvgIpc) is 3.70. The highest BCUT2D eigenvalue weighted by Gasteiger charge is 2.32. The molecule has 250 valence electrons. The highest BCUT2D eigenvalue weighted by molar-refractivity contribution is 6.33. The summed E-state index contributed by atoms with van der Waals surface area (Å²) in [6.07, 6.45) is 1.03. The maximum absolute atomic E-state index is 14.1. The summed E-state index contributed by atoms with van der Waals surface area (Å²) in [5.41, 5.74) is 0.401. The molecular weight excluding hydrogens is 645 g/mol. The van der Waals surface area contributed by atoms with Crippen molar-refractivity contribution in [3.05, 3.63) is 63.0 Å². The molecule has 0 bridgehead atoms. The lowest BCUT2D eigenvalue weighted by atomic mass is 9.97. The minimum Gasteiger partial charge on any atom is -0.502 e. The Morgan fingerprint density at radius 3 is 2.55 bits per heavy atom. The number of fused-ring (bicyclic) bond motifs is 1. The van der Waals surface area contributed by atoms with E-state index in [1.54, 1.807) is 11.7 Å². The van der Waals surface area contributed by atoms with E-state index < -0.39 is 23.2 Å². The monoisotopic (exact) mass is 676 g/mol. The molecule has 1 aromatic carbocycles. The highest BCUT2D eigenvalue weighted by Crippen LogP contribution is 2.34. The van der Waals surface area contributed by atoms with Gasteiger partial charge in [0, 0.05) is 33.3 Å². The lowest BCUT2D eigenvalue weighted by Gasteiger charge is -2.36. The fourth-order valence-electron chi connectivity index (χ4n) is 6.01. The molecule has 0 radical (unpaired) electrons. The Morgan fingerprint density at radius 1 is 1.21 bits per heavy atom. The van der Waals surface area contributed by atoms with Crippen LogP contribution in [0, 0.1) is 0 Å². The van der Waals surface area contributed by atoms with Gasteiger partial charge in [-0.05, 0) is 49.5 Å².